The zero-order chi connectivity index (χ0) is 15.5. The van der Waals surface area contributed by atoms with Gasteiger partial charge in [-0.25, -0.2) is 4.39 Å². The minimum atomic E-state index is -0.228. The minimum absolute atomic E-state index is 0.0797. The zero-order valence-electron chi connectivity index (χ0n) is 12.7. The maximum absolute atomic E-state index is 12.9. The van der Waals surface area contributed by atoms with E-state index in [1.54, 1.807) is 18.2 Å². The molecule has 1 aromatic carbocycles. The number of rotatable bonds is 5. The van der Waals surface area contributed by atoms with Crippen molar-refractivity contribution in [3.8, 4) is 0 Å². The summed E-state index contributed by atoms with van der Waals surface area (Å²) < 4.78 is 18.6. The van der Waals surface area contributed by atoms with Crippen LogP contribution in [0.25, 0.3) is 0 Å². The summed E-state index contributed by atoms with van der Waals surface area (Å²) >= 11 is 0. The molecule has 22 heavy (non-hydrogen) atoms. The number of benzene rings is 1. The van der Waals surface area contributed by atoms with Gasteiger partial charge in [0.1, 0.15) is 5.82 Å². The number of carbonyl (C=O) groups is 1. The van der Waals surface area contributed by atoms with Gasteiger partial charge in [0.2, 0.25) is 5.91 Å². The molecule has 0 spiro atoms. The Hall–Kier alpha value is -1.68. The average Bonchev–Trinajstić information content (AvgIpc) is 3.34. The van der Waals surface area contributed by atoms with Gasteiger partial charge in [0.15, 0.2) is 0 Å². The number of hydrogen-bond donors (Lipinski definition) is 0. The Balaban J connectivity index is 1.49. The lowest BCUT2D eigenvalue weighted by atomic mass is 10.1. The van der Waals surface area contributed by atoms with Crippen LogP contribution in [-0.2, 0) is 9.53 Å². The van der Waals surface area contributed by atoms with E-state index in [4.69, 9.17) is 4.74 Å². The molecule has 118 valence electrons. The Bertz CT molecular complexity index is 535. The second kappa shape index (κ2) is 6.61. The summed E-state index contributed by atoms with van der Waals surface area (Å²) in [6, 6.07) is 6.53. The molecule has 2 aliphatic rings. The Labute approximate surface area is 130 Å². The van der Waals surface area contributed by atoms with Crippen LogP contribution >= 0.6 is 0 Å². The molecule has 0 unspecified atom stereocenters. The number of halogens is 1. The van der Waals surface area contributed by atoms with Crippen molar-refractivity contribution in [2.24, 2.45) is 5.92 Å². The van der Waals surface area contributed by atoms with Crippen LogP contribution in [0.2, 0.25) is 0 Å². The molecule has 3 rings (SSSR count). The van der Waals surface area contributed by atoms with Crippen molar-refractivity contribution in [3.05, 3.63) is 48.3 Å². The molecular formula is C18H22FNO2. The molecule has 0 aromatic heterocycles. The smallest absolute Gasteiger partial charge is 0.226 e. The van der Waals surface area contributed by atoms with Crippen LogP contribution in [-0.4, -0.2) is 36.6 Å². The van der Waals surface area contributed by atoms with Gasteiger partial charge >= 0.3 is 0 Å². The van der Waals surface area contributed by atoms with E-state index < -0.39 is 0 Å². The number of carbonyl (C=O) groups excluding carboxylic acids is 1. The average molecular weight is 303 g/mol. The highest BCUT2D eigenvalue weighted by molar-refractivity contribution is 5.83. The lowest BCUT2D eigenvalue weighted by molar-refractivity contribution is -0.135. The van der Waals surface area contributed by atoms with Crippen molar-refractivity contribution in [1.82, 2.24) is 4.90 Å². The highest BCUT2D eigenvalue weighted by Crippen LogP contribution is 2.48. The molecule has 0 radical (unpaired) electrons. The monoisotopic (exact) mass is 303 g/mol. The first-order valence-corrected chi connectivity index (χ1v) is 7.96. The van der Waals surface area contributed by atoms with Gasteiger partial charge in [-0.3, -0.25) is 4.79 Å². The van der Waals surface area contributed by atoms with Crippen LogP contribution in [0.1, 0.15) is 30.7 Å². The first-order valence-electron chi connectivity index (χ1n) is 7.96. The van der Waals surface area contributed by atoms with Crippen molar-refractivity contribution in [1.29, 1.82) is 0 Å². The highest BCUT2D eigenvalue weighted by Gasteiger charge is 2.46. The molecule has 0 bridgehead atoms. The Morgan fingerprint density at radius 3 is 2.64 bits per heavy atom. The molecule has 3 nitrogen and oxygen atoms in total. The topological polar surface area (TPSA) is 29.5 Å². The molecule has 1 heterocycles. The van der Waals surface area contributed by atoms with E-state index in [0.29, 0.717) is 6.61 Å². The number of ether oxygens (including phenoxy) is 1. The van der Waals surface area contributed by atoms with Gasteiger partial charge in [-0.2, -0.15) is 0 Å². The molecular weight excluding hydrogens is 281 g/mol. The second-order valence-electron chi connectivity index (χ2n) is 6.15. The number of amides is 1. The summed E-state index contributed by atoms with van der Waals surface area (Å²) in [6.45, 7) is 5.77. The van der Waals surface area contributed by atoms with Crippen LogP contribution in [0.3, 0.4) is 0 Å². The van der Waals surface area contributed by atoms with Crippen molar-refractivity contribution in [3.63, 3.8) is 0 Å². The van der Waals surface area contributed by atoms with Crippen LogP contribution < -0.4 is 0 Å². The fourth-order valence-electron chi connectivity index (χ4n) is 3.23. The van der Waals surface area contributed by atoms with E-state index in [-0.39, 0.29) is 29.7 Å². The first kappa shape index (κ1) is 15.2. The van der Waals surface area contributed by atoms with E-state index in [2.05, 4.69) is 6.58 Å². The fraction of sp³-hybridized carbons (Fsp3) is 0.500. The molecule has 2 atom stereocenters. The maximum atomic E-state index is 12.9. The quantitative estimate of drug-likeness (QED) is 0.782. The predicted molar refractivity (Wildman–Crippen MR) is 83.0 cm³/mol. The van der Waals surface area contributed by atoms with Crippen LogP contribution in [0.4, 0.5) is 4.39 Å². The molecule has 1 aliphatic carbocycles. The van der Waals surface area contributed by atoms with Gasteiger partial charge in [0.05, 0.1) is 12.7 Å². The molecule has 1 amide bonds. The molecule has 1 saturated heterocycles. The van der Waals surface area contributed by atoms with Crippen LogP contribution in [0.5, 0.6) is 0 Å². The van der Waals surface area contributed by atoms with E-state index >= 15 is 0 Å². The predicted octanol–water partition coefficient (Wildman–Crippen LogP) is 3.12. The van der Waals surface area contributed by atoms with Crippen LogP contribution in [0.15, 0.2) is 36.9 Å². The van der Waals surface area contributed by atoms with Gasteiger partial charge in [0.25, 0.3) is 0 Å². The summed E-state index contributed by atoms with van der Waals surface area (Å²) in [5.74, 6) is 0.365. The van der Waals surface area contributed by atoms with E-state index in [0.717, 1.165) is 37.9 Å². The standard InChI is InChI=1S/C18H22FNO2/c1-2-11-22-15-7-9-20(10-8-15)18(21)17-12-16(17)13-3-5-14(19)6-4-13/h2-6,15-17H,1,7-12H2/t16-,17+/m0/s1. The van der Waals surface area contributed by atoms with Gasteiger partial charge < -0.3 is 9.64 Å². The van der Waals surface area contributed by atoms with Gasteiger partial charge in [-0.1, -0.05) is 18.2 Å². The zero-order valence-corrected chi connectivity index (χ0v) is 12.7. The van der Waals surface area contributed by atoms with Crippen molar-refractivity contribution >= 4 is 5.91 Å². The molecule has 2 fully saturated rings. The summed E-state index contributed by atoms with van der Waals surface area (Å²) in [4.78, 5) is 14.5. The molecule has 1 saturated carbocycles. The first-order chi connectivity index (χ1) is 10.7. The SMILES string of the molecule is C=CCOC1CCN(C(=O)[C@@H]2C[C@H]2c2ccc(F)cc2)CC1. The summed E-state index contributed by atoms with van der Waals surface area (Å²) in [6.07, 6.45) is 4.68. The summed E-state index contributed by atoms with van der Waals surface area (Å²) in [5.41, 5.74) is 1.07. The largest absolute Gasteiger partial charge is 0.374 e. The van der Waals surface area contributed by atoms with Gasteiger partial charge in [-0.15, -0.1) is 6.58 Å². The fourth-order valence-corrected chi connectivity index (χ4v) is 3.23. The Morgan fingerprint density at radius 2 is 2.00 bits per heavy atom. The van der Waals surface area contributed by atoms with Crippen molar-refractivity contribution in [2.75, 3.05) is 19.7 Å². The molecule has 0 N–H and O–H groups in total. The molecule has 4 heteroatoms. The lowest BCUT2D eigenvalue weighted by Gasteiger charge is -2.32. The minimum Gasteiger partial charge on any atom is -0.374 e. The maximum Gasteiger partial charge on any atom is 0.226 e. The second-order valence-corrected chi connectivity index (χ2v) is 6.15. The van der Waals surface area contributed by atoms with Crippen molar-refractivity contribution < 1.29 is 13.9 Å². The van der Waals surface area contributed by atoms with E-state index in [9.17, 15) is 9.18 Å². The third-order valence-corrected chi connectivity index (χ3v) is 4.61. The Morgan fingerprint density at radius 1 is 1.32 bits per heavy atom. The normalized spacial score (nSPS) is 25.0. The Kier molecular flexibility index (Phi) is 4.57. The van der Waals surface area contributed by atoms with E-state index in [1.807, 2.05) is 4.90 Å². The summed E-state index contributed by atoms with van der Waals surface area (Å²) in [5, 5.41) is 0. The van der Waals surface area contributed by atoms with Crippen LogP contribution in [0, 0.1) is 11.7 Å². The van der Waals surface area contributed by atoms with Crippen molar-refractivity contribution in [2.45, 2.75) is 31.3 Å². The third kappa shape index (κ3) is 3.38. The molecule has 1 aromatic rings. The lowest BCUT2D eigenvalue weighted by Crippen LogP contribution is -2.41. The summed E-state index contributed by atoms with van der Waals surface area (Å²) in [7, 11) is 0. The van der Waals surface area contributed by atoms with Gasteiger partial charge in [0, 0.05) is 19.0 Å². The number of likely N-dealkylation sites (tertiary alicyclic amines) is 1. The number of hydrogen-bond acceptors (Lipinski definition) is 2. The van der Waals surface area contributed by atoms with Gasteiger partial charge in [-0.05, 0) is 42.9 Å². The van der Waals surface area contributed by atoms with E-state index in [1.165, 1.54) is 12.1 Å². The number of piperidine rings is 1. The number of nitrogens with zero attached hydrogens (tertiary/aromatic N) is 1. The highest BCUT2D eigenvalue weighted by atomic mass is 19.1. The third-order valence-electron chi connectivity index (χ3n) is 4.61. The molecule has 1 aliphatic heterocycles.